The molecule has 7 nitrogen and oxygen atoms in total. The zero-order chi connectivity index (χ0) is 21.0. The minimum atomic E-state index is -0.764. The minimum Gasteiger partial charge on any atom is -0.461 e. The molecule has 1 heterocycles. The van der Waals surface area contributed by atoms with E-state index < -0.39 is 23.7 Å². The van der Waals surface area contributed by atoms with Crippen LogP contribution in [-0.4, -0.2) is 12.0 Å². The highest BCUT2D eigenvalue weighted by Gasteiger charge is 2.19. The van der Waals surface area contributed by atoms with E-state index in [4.69, 9.17) is 26.5 Å². The molecule has 0 aliphatic heterocycles. The van der Waals surface area contributed by atoms with Gasteiger partial charge in [0.1, 0.15) is 12.2 Å². The third-order valence-corrected chi connectivity index (χ3v) is 4.59. The molecule has 0 saturated carbocycles. The van der Waals surface area contributed by atoms with Crippen LogP contribution >= 0.6 is 11.6 Å². The monoisotopic (exact) mass is 414 g/mol. The first-order valence-electron chi connectivity index (χ1n) is 8.82. The molecule has 3 aromatic rings. The zero-order valence-corrected chi connectivity index (χ0v) is 16.4. The molecule has 1 atom stereocenters. The highest BCUT2D eigenvalue weighted by molar-refractivity contribution is 6.30. The van der Waals surface area contributed by atoms with Crippen molar-refractivity contribution < 1.29 is 18.7 Å². The lowest BCUT2D eigenvalue weighted by atomic mass is 10.0. The molecule has 1 aromatic heterocycles. The van der Waals surface area contributed by atoms with Gasteiger partial charge in [-0.25, -0.2) is 9.59 Å². The molecule has 3 N–H and O–H groups in total. The molecule has 3 rings (SSSR count). The lowest BCUT2D eigenvalue weighted by Gasteiger charge is -2.17. The topological polar surface area (TPSA) is 112 Å². The van der Waals surface area contributed by atoms with Gasteiger partial charge in [-0.2, -0.15) is 0 Å². The SMILES string of the molecule is Cc1ccc2c(COC(=O)CC(NC(N)=O)c3ccc(Cl)cc3)cc(=O)oc2c1. The number of aryl methyl sites for hydroxylation is 1. The van der Waals surface area contributed by atoms with Crippen molar-refractivity contribution in [3.05, 3.63) is 80.7 Å². The first-order valence-corrected chi connectivity index (χ1v) is 9.20. The van der Waals surface area contributed by atoms with Crippen LogP contribution < -0.4 is 16.7 Å². The van der Waals surface area contributed by atoms with E-state index in [2.05, 4.69) is 5.32 Å². The second-order valence-corrected chi connectivity index (χ2v) is 7.00. The van der Waals surface area contributed by atoms with Gasteiger partial charge in [-0.1, -0.05) is 35.9 Å². The van der Waals surface area contributed by atoms with Gasteiger partial charge in [0.05, 0.1) is 12.5 Å². The average Bonchev–Trinajstić information content (AvgIpc) is 2.65. The van der Waals surface area contributed by atoms with Crippen molar-refractivity contribution in [1.29, 1.82) is 0 Å². The molecule has 0 saturated heterocycles. The summed E-state index contributed by atoms with van der Waals surface area (Å²) in [5.74, 6) is -0.563. The van der Waals surface area contributed by atoms with Crippen LogP contribution in [-0.2, 0) is 16.1 Å². The summed E-state index contributed by atoms with van der Waals surface area (Å²) in [4.78, 5) is 35.5. The van der Waals surface area contributed by atoms with E-state index in [-0.39, 0.29) is 13.0 Å². The molecule has 0 spiro atoms. The van der Waals surface area contributed by atoms with Gasteiger partial charge >= 0.3 is 17.6 Å². The summed E-state index contributed by atoms with van der Waals surface area (Å²) in [5.41, 5.74) is 7.26. The number of ether oxygens (including phenoxy) is 1. The molecule has 2 amide bonds. The number of rotatable bonds is 6. The Balaban J connectivity index is 1.74. The Kier molecular flexibility index (Phi) is 6.19. The van der Waals surface area contributed by atoms with Crippen LogP contribution in [0.2, 0.25) is 5.02 Å². The van der Waals surface area contributed by atoms with Crippen LogP contribution in [0.15, 0.2) is 57.7 Å². The minimum absolute atomic E-state index is 0.103. The maximum Gasteiger partial charge on any atom is 0.336 e. The highest BCUT2D eigenvalue weighted by Crippen LogP contribution is 2.22. The van der Waals surface area contributed by atoms with E-state index in [9.17, 15) is 14.4 Å². The Morgan fingerprint density at radius 2 is 1.90 bits per heavy atom. The van der Waals surface area contributed by atoms with Crippen molar-refractivity contribution in [2.45, 2.75) is 26.0 Å². The fraction of sp³-hybridized carbons (Fsp3) is 0.190. The normalized spacial score (nSPS) is 11.8. The molecule has 29 heavy (non-hydrogen) atoms. The van der Waals surface area contributed by atoms with Gasteiger partial charge in [0.25, 0.3) is 0 Å². The van der Waals surface area contributed by atoms with E-state index in [1.807, 2.05) is 19.1 Å². The number of esters is 1. The van der Waals surface area contributed by atoms with Crippen LogP contribution in [0.25, 0.3) is 11.0 Å². The number of amides is 2. The summed E-state index contributed by atoms with van der Waals surface area (Å²) in [6.45, 7) is 1.78. The van der Waals surface area contributed by atoms with E-state index in [0.29, 0.717) is 27.1 Å². The number of fused-ring (bicyclic) bond motifs is 1. The predicted octanol–water partition coefficient (Wildman–Crippen LogP) is 3.60. The van der Waals surface area contributed by atoms with Gasteiger partial charge in [0.15, 0.2) is 0 Å². The standard InChI is InChI=1S/C21H19ClN2O5/c1-12-2-7-16-14(9-20(26)29-18(16)8-12)11-28-19(25)10-17(24-21(23)27)13-3-5-15(22)6-4-13/h2-9,17H,10-11H2,1H3,(H3,23,24,27). The van der Waals surface area contributed by atoms with Crippen LogP contribution in [0.4, 0.5) is 4.79 Å². The van der Waals surface area contributed by atoms with Crippen molar-refractivity contribution in [2.75, 3.05) is 0 Å². The second kappa shape index (κ2) is 8.79. The largest absolute Gasteiger partial charge is 0.461 e. The van der Waals surface area contributed by atoms with E-state index in [1.54, 1.807) is 30.3 Å². The first-order chi connectivity index (χ1) is 13.8. The summed E-state index contributed by atoms with van der Waals surface area (Å²) in [6, 6.07) is 12.0. The summed E-state index contributed by atoms with van der Waals surface area (Å²) in [7, 11) is 0. The first kappa shape index (κ1) is 20.4. The Labute approximate surface area is 171 Å². The van der Waals surface area contributed by atoms with Gasteiger partial charge in [-0.15, -0.1) is 0 Å². The number of hydrogen-bond acceptors (Lipinski definition) is 5. The average molecular weight is 415 g/mol. The zero-order valence-electron chi connectivity index (χ0n) is 15.6. The maximum absolute atomic E-state index is 12.4. The van der Waals surface area contributed by atoms with Crippen LogP contribution in [0, 0.1) is 6.92 Å². The van der Waals surface area contributed by atoms with Crippen molar-refractivity contribution in [3.63, 3.8) is 0 Å². The Hall–Kier alpha value is -3.32. The van der Waals surface area contributed by atoms with E-state index in [0.717, 1.165) is 5.56 Å². The summed E-state index contributed by atoms with van der Waals surface area (Å²) in [6.07, 6.45) is -0.136. The predicted molar refractivity (Wildman–Crippen MR) is 109 cm³/mol. The molecule has 0 bridgehead atoms. The van der Waals surface area contributed by atoms with Crippen molar-refractivity contribution >= 4 is 34.6 Å². The molecule has 8 heteroatoms. The summed E-state index contributed by atoms with van der Waals surface area (Å²) >= 11 is 5.88. The number of carbonyl (C=O) groups is 2. The van der Waals surface area contributed by atoms with Gasteiger partial charge in [0.2, 0.25) is 0 Å². The molecular weight excluding hydrogens is 396 g/mol. The number of nitrogens with two attached hydrogens (primary N) is 1. The number of primary amides is 1. The van der Waals surface area contributed by atoms with Crippen molar-refractivity contribution in [2.24, 2.45) is 5.73 Å². The fourth-order valence-corrected chi connectivity index (χ4v) is 3.09. The Bertz CT molecular complexity index is 1110. The van der Waals surface area contributed by atoms with Crippen LogP contribution in [0.3, 0.4) is 0 Å². The fourth-order valence-electron chi connectivity index (χ4n) is 2.96. The van der Waals surface area contributed by atoms with Gasteiger partial charge in [-0.3, -0.25) is 4.79 Å². The smallest absolute Gasteiger partial charge is 0.336 e. The van der Waals surface area contributed by atoms with E-state index >= 15 is 0 Å². The van der Waals surface area contributed by atoms with Gasteiger partial charge in [-0.05, 0) is 36.2 Å². The lowest BCUT2D eigenvalue weighted by Crippen LogP contribution is -2.34. The molecule has 2 aromatic carbocycles. The van der Waals surface area contributed by atoms with Crippen LogP contribution in [0.1, 0.15) is 29.2 Å². The Morgan fingerprint density at radius 3 is 2.59 bits per heavy atom. The molecule has 0 aliphatic carbocycles. The summed E-state index contributed by atoms with van der Waals surface area (Å²) < 4.78 is 10.5. The van der Waals surface area contributed by atoms with Gasteiger partial charge in [0, 0.05) is 22.0 Å². The van der Waals surface area contributed by atoms with E-state index in [1.165, 1.54) is 6.07 Å². The number of nitrogens with one attached hydrogen (secondary N) is 1. The molecule has 0 fully saturated rings. The lowest BCUT2D eigenvalue weighted by molar-refractivity contribution is -0.145. The molecule has 1 unspecified atom stereocenters. The molecule has 0 aliphatic rings. The van der Waals surface area contributed by atoms with Crippen LogP contribution in [0.5, 0.6) is 0 Å². The Morgan fingerprint density at radius 1 is 1.17 bits per heavy atom. The molecular formula is C21H19ClN2O5. The molecule has 0 radical (unpaired) electrons. The number of urea groups is 1. The number of benzene rings is 2. The third-order valence-electron chi connectivity index (χ3n) is 4.33. The third kappa shape index (κ3) is 5.36. The summed E-state index contributed by atoms with van der Waals surface area (Å²) in [5, 5.41) is 3.73. The number of carbonyl (C=O) groups excluding carboxylic acids is 2. The highest BCUT2D eigenvalue weighted by atomic mass is 35.5. The second-order valence-electron chi connectivity index (χ2n) is 6.57. The van der Waals surface area contributed by atoms with Crippen molar-refractivity contribution in [1.82, 2.24) is 5.32 Å². The van der Waals surface area contributed by atoms with Crippen molar-refractivity contribution in [3.8, 4) is 0 Å². The number of halogens is 1. The van der Waals surface area contributed by atoms with Gasteiger partial charge < -0.3 is 20.2 Å². The quantitative estimate of drug-likeness (QED) is 0.472. The maximum atomic E-state index is 12.4. The molecule has 150 valence electrons. The number of hydrogen-bond donors (Lipinski definition) is 2.